The van der Waals surface area contributed by atoms with Gasteiger partial charge in [0.15, 0.2) is 0 Å². The van der Waals surface area contributed by atoms with Gasteiger partial charge >= 0.3 is 0 Å². The molecule has 48 heavy (non-hydrogen) atoms. The summed E-state index contributed by atoms with van der Waals surface area (Å²) in [6, 6.07) is 41.9. The summed E-state index contributed by atoms with van der Waals surface area (Å²) < 4.78 is 0. The standard InChI is InChI=1S/C48H42/c1-27-15-17-35(23-33(27)7)41-25-43(45-29(3)11-9-12-30(45)4)39-22-20-38-42(36-18-16-28(2)34(8)24-36)26-44(46-31(5)13-10-14-32(46)6)40-21-19-37(41)47(39)48(38)40/h9-26H,1-8H3. The lowest BCUT2D eigenvalue weighted by Crippen LogP contribution is -1.97. The first-order chi connectivity index (χ1) is 23.1. The van der Waals surface area contributed by atoms with Crippen molar-refractivity contribution in [2.45, 2.75) is 55.4 Å². The van der Waals surface area contributed by atoms with E-state index in [1.165, 1.54) is 121 Å². The van der Waals surface area contributed by atoms with E-state index in [0.717, 1.165) is 0 Å². The first-order valence-electron chi connectivity index (χ1n) is 17.2. The zero-order valence-corrected chi connectivity index (χ0v) is 29.4. The predicted octanol–water partition coefficient (Wildman–Crippen LogP) is 13.7. The average Bonchev–Trinajstić information content (AvgIpc) is 3.06. The van der Waals surface area contributed by atoms with Crippen molar-refractivity contribution < 1.29 is 0 Å². The zero-order valence-electron chi connectivity index (χ0n) is 29.4. The SMILES string of the molecule is Cc1ccc(-c2cc(-c3c(C)cccc3C)c3ccc4c(-c5ccc(C)c(C)c5)cc(-c5c(C)cccc5C)c5ccc2c3c45)cc1C. The Balaban J connectivity index is 1.62. The van der Waals surface area contributed by atoms with Crippen molar-refractivity contribution in [2.24, 2.45) is 0 Å². The van der Waals surface area contributed by atoms with Crippen LogP contribution in [-0.4, -0.2) is 0 Å². The normalized spacial score (nSPS) is 11.8. The summed E-state index contributed by atoms with van der Waals surface area (Å²) in [5.41, 5.74) is 20.9. The molecule has 8 rings (SSSR count). The van der Waals surface area contributed by atoms with Crippen LogP contribution in [0.4, 0.5) is 0 Å². The lowest BCUT2D eigenvalue weighted by Gasteiger charge is -2.23. The second kappa shape index (κ2) is 11.2. The van der Waals surface area contributed by atoms with E-state index in [9.17, 15) is 0 Å². The summed E-state index contributed by atoms with van der Waals surface area (Å²) in [6.07, 6.45) is 0. The Hall–Kier alpha value is -5.20. The minimum atomic E-state index is 1.27. The van der Waals surface area contributed by atoms with Crippen LogP contribution in [0.1, 0.15) is 44.5 Å². The molecule has 8 aromatic carbocycles. The summed E-state index contributed by atoms with van der Waals surface area (Å²) in [4.78, 5) is 0. The van der Waals surface area contributed by atoms with Crippen LogP contribution in [0.5, 0.6) is 0 Å². The van der Waals surface area contributed by atoms with Crippen LogP contribution in [0.2, 0.25) is 0 Å². The molecule has 0 unspecified atom stereocenters. The third kappa shape index (κ3) is 4.58. The van der Waals surface area contributed by atoms with Crippen LogP contribution < -0.4 is 0 Å². The van der Waals surface area contributed by atoms with Gasteiger partial charge in [0.1, 0.15) is 0 Å². The molecule has 0 saturated carbocycles. The minimum Gasteiger partial charge on any atom is -0.0617 e. The largest absolute Gasteiger partial charge is 0.0617 e. The molecular formula is C48H42. The lowest BCUT2D eigenvalue weighted by atomic mass is 9.80. The van der Waals surface area contributed by atoms with Gasteiger partial charge in [-0.25, -0.2) is 0 Å². The molecule has 0 amide bonds. The molecule has 8 aromatic rings. The molecule has 234 valence electrons. The van der Waals surface area contributed by atoms with Gasteiger partial charge in [-0.05, 0) is 189 Å². The molecule has 0 atom stereocenters. The Morgan fingerprint density at radius 3 is 0.938 bits per heavy atom. The number of aryl methyl sites for hydroxylation is 8. The summed E-state index contributed by atoms with van der Waals surface area (Å²) in [6.45, 7) is 17.9. The predicted molar refractivity (Wildman–Crippen MR) is 210 cm³/mol. The van der Waals surface area contributed by atoms with Crippen molar-refractivity contribution in [2.75, 3.05) is 0 Å². The van der Waals surface area contributed by atoms with Gasteiger partial charge in [-0.15, -0.1) is 0 Å². The molecule has 0 heteroatoms. The fourth-order valence-corrected chi connectivity index (χ4v) is 8.18. The highest BCUT2D eigenvalue weighted by Crippen LogP contribution is 2.50. The van der Waals surface area contributed by atoms with Crippen molar-refractivity contribution in [1.82, 2.24) is 0 Å². The van der Waals surface area contributed by atoms with Crippen molar-refractivity contribution in [3.8, 4) is 44.5 Å². The molecule has 0 heterocycles. The molecule has 0 N–H and O–H groups in total. The Morgan fingerprint density at radius 1 is 0.271 bits per heavy atom. The molecule has 0 aromatic heterocycles. The van der Waals surface area contributed by atoms with Gasteiger partial charge in [-0.3, -0.25) is 0 Å². The van der Waals surface area contributed by atoms with Gasteiger partial charge in [0, 0.05) is 0 Å². The molecular weight excluding hydrogens is 577 g/mol. The number of rotatable bonds is 4. The van der Waals surface area contributed by atoms with Crippen molar-refractivity contribution in [1.29, 1.82) is 0 Å². The Morgan fingerprint density at radius 2 is 0.604 bits per heavy atom. The fraction of sp³-hybridized carbons (Fsp3) is 0.167. The molecule has 0 aliphatic heterocycles. The maximum atomic E-state index is 2.47. The van der Waals surface area contributed by atoms with Crippen LogP contribution in [0.15, 0.2) is 109 Å². The summed E-state index contributed by atoms with van der Waals surface area (Å²) in [7, 11) is 0. The number of hydrogen-bond donors (Lipinski definition) is 0. The van der Waals surface area contributed by atoms with E-state index in [1.54, 1.807) is 0 Å². The van der Waals surface area contributed by atoms with Crippen molar-refractivity contribution >= 4 is 32.3 Å². The molecule has 0 bridgehead atoms. The third-order valence-corrected chi connectivity index (χ3v) is 11.0. The summed E-state index contributed by atoms with van der Waals surface area (Å²) >= 11 is 0. The van der Waals surface area contributed by atoms with E-state index >= 15 is 0 Å². The number of hydrogen-bond acceptors (Lipinski definition) is 0. The highest BCUT2D eigenvalue weighted by atomic mass is 14.3. The van der Waals surface area contributed by atoms with Crippen LogP contribution in [0.25, 0.3) is 76.8 Å². The fourth-order valence-electron chi connectivity index (χ4n) is 8.18. The third-order valence-electron chi connectivity index (χ3n) is 11.0. The lowest BCUT2D eigenvalue weighted by molar-refractivity contribution is 1.34. The van der Waals surface area contributed by atoms with Gasteiger partial charge < -0.3 is 0 Å². The van der Waals surface area contributed by atoms with E-state index in [4.69, 9.17) is 0 Å². The molecule has 0 spiro atoms. The van der Waals surface area contributed by atoms with E-state index in [1.807, 2.05) is 0 Å². The first kappa shape index (κ1) is 30.2. The average molecular weight is 619 g/mol. The molecule has 0 nitrogen and oxygen atoms in total. The molecule has 0 fully saturated rings. The molecule has 0 saturated heterocycles. The highest BCUT2D eigenvalue weighted by Gasteiger charge is 2.23. The second-order valence-corrected chi connectivity index (χ2v) is 14.1. The van der Waals surface area contributed by atoms with E-state index in [-0.39, 0.29) is 0 Å². The van der Waals surface area contributed by atoms with Crippen molar-refractivity contribution in [3.63, 3.8) is 0 Å². The minimum absolute atomic E-state index is 1.27. The van der Waals surface area contributed by atoms with E-state index < -0.39 is 0 Å². The van der Waals surface area contributed by atoms with Gasteiger partial charge in [-0.1, -0.05) is 97.1 Å². The summed E-state index contributed by atoms with van der Waals surface area (Å²) in [5, 5.41) is 7.97. The molecule has 0 radical (unpaired) electrons. The van der Waals surface area contributed by atoms with Gasteiger partial charge in [0.05, 0.1) is 0 Å². The maximum Gasteiger partial charge on any atom is -0.00139 e. The monoisotopic (exact) mass is 618 g/mol. The van der Waals surface area contributed by atoms with Gasteiger partial charge in [-0.2, -0.15) is 0 Å². The van der Waals surface area contributed by atoms with E-state index in [2.05, 4.69) is 165 Å². The highest BCUT2D eigenvalue weighted by molar-refractivity contribution is 6.32. The molecule has 0 aliphatic carbocycles. The van der Waals surface area contributed by atoms with Gasteiger partial charge in [0.2, 0.25) is 0 Å². The number of benzene rings is 8. The summed E-state index contributed by atoms with van der Waals surface area (Å²) in [5.74, 6) is 0. The zero-order chi connectivity index (χ0) is 33.4. The van der Waals surface area contributed by atoms with Gasteiger partial charge in [0.25, 0.3) is 0 Å². The molecule has 0 aliphatic rings. The van der Waals surface area contributed by atoms with Crippen LogP contribution in [-0.2, 0) is 0 Å². The van der Waals surface area contributed by atoms with Crippen LogP contribution in [0.3, 0.4) is 0 Å². The second-order valence-electron chi connectivity index (χ2n) is 14.1. The first-order valence-corrected chi connectivity index (χ1v) is 17.2. The Bertz CT molecular complexity index is 2350. The van der Waals surface area contributed by atoms with E-state index in [0.29, 0.717) is 0 Å². The quantitative estimate of drug-likeness (QED) is 0.172. The Kier molecular flexibility index (Phi) is 7.04. The van der Waals surface area contributed by atoms with Crippen molar-refractivity contribution in [3.05, 3.63) is 154 Å². The Labute approximate surface area is 285 Å². The smallest absolute Gasteiger partial charge is 0.00139 e. The maximum absolute atomic E-state index is 2.47. The topological polar surface area (TPSA) is 0 Å². The van der Waals surface area contributed by atoms with Crippen LogP contribution >= 0.6 is 0 Å². The van der Waals surface area contributed by atoms with Crippen LogP contribution in [0, 0.1) is 55.4 Å².